The molecule has 0 fully saturated rings. The number of benzene rings is 2. The van der Waals surface area contributed by atoms with Crippen LogP contribution in [0.2, 0.25) is 0 Å². The van der Waals surface area contributed by atoms with Crippen molar-refractivity contribution in [2.75, 3.05) is 7.11 Å². The molecule has 0 amide bonds. The summed E-state index contributed by atoms with van der Waals surface area (Å²) >= 11 is 5.01. The minimum absolute atomic E-state index is 0.362. The number of hydrogen-bond donors (Lipinski definition) is 0. The summed E-state index contributed by atoms with van der Waals surface area (Å²) in [6.45, 7) is 4.41. The van der Waals surface area contributed by atoms with Crippen molar-refractivity contribution < 1.29 is 14.3 Å². The summed E-state index contributed by atoms with van der Waals surface area (Å²) < 4.78 is 10.8. The second kappa shape index (κ2) is 7.88. The molecular formula is C19H20O3S. The van der Waals surface area contributed by atoms with Gasteiger partial charge in [-0.1, -0.05) is 48.6 Å². The van der Waals surface area contributed by atoms with Crippen molar-refractivity contribution in [3.63, 3.8) is 0 Å². The highest BCUT2D eigenvalue weighted by Gasteiger charge is 2.21. The van der Waals surface area contributed by atoms with E-state index >= 15 is 0 Å². The topological polar surface area (TPSA) is 35.5 Å². The van der Waals surface area contributed by atoms with Crippen molar-refractivity contribution in [3.8, 4) is 5.75 Å². The largest absolute Gasteiger partial charge is 0.489 e. The van der Waals surface area contributed by atoms with Gasteiger partial charge in [-0.2, -0.15) is 0 Å². The molecule has 2 rings (SSSR count). The summed E-state index contributed by atoms with van der Waals surface area (Å²) in [6, 6.07) is 13.7. The minimum atomic E-state index is -0.562. The molecule has 3 nitrogen and oxygen atoms in total. The number of aryl methyl sites for hydroxylation is 2. The normalized spacial score (nSPS) is 11.6. The lowest BCUT2D eigenvalue weighted by molar-refractivity contribution is -0.140. The highest BCUT2D eigenvalue weighted by atomic mass is 32.1. The van der Waals surface area contributed by atoms with E-state index in [1.165, 1.54) is 12.5 Å². The van der Waals surface area contributed by atoms with Crippen LogP contribution in [0.4, 0.5) is 0 Å². The molecule has 0 aliphatic carbocycles. The summed E-state index contributed by atoms with van der Waals surface area (Å²) in [5.41, 5.74) is 3.96. The van der Waals surface area contributed by atoms with Gasteiger partial charge in [-0.3, -0.25) is 4.79 Å². The van der Waals surface area contributed by atoms with Crippen LogP contribution in [0.25, 0.3) is 0 Å². The minimum Gasteiger partial charge on any atom is -0.489 e. The van der Waals surface area contributed by atoms with Crippen LogP contribution < -0.4 is 4.74 Å². The SMILES string of the molecule is COC(=O)C(C=S)c1ccccc1COc1cc(C)ccc1C. The van der Waals surface area contributed by atoms with Gasteiger partial charge in [-0.15, -0.1) is 0 Å². The van der Waals surface area contributed by atoms with Gasteiger partial charge in [0, 0.05) is 0 Å². The standard InChI is InChI=1S/C19H20O3S/c1-13-8-9-14(2)18(10-13)22-11-15-6-4-5-7-16(15)17(12-23)19(20)21-3/h4-10,12,17H,11H2,1-3H3. The molecule has 4 heteroatoms. The Kier molecular flexibility index (Phi) is 5.88. The molecule has 0 N–H and O–H groups in total. The van der Waals surface area contributed by atoms with E-state index in [0.717, 1.165) is 28.0 Å². The fourth-order valence-corrected chi connectivity index (χ4v) is 2.63. The van der Waals surface area contributed by atoms with Crippen LogP contribution in [0.1, 0.15) is 28.2 Å². The van der Waals surface area contributed by atoms with Crippen LogP contribution in [0.3, 0.4) is 0 Å². The molecule has 1 atom stereocenters. The van der Waals surface area contributed by atoms with Crippen LogP contribution in [-0.2, 0) is 16.1 Å². The van der Waals surface area contributed by atoms with Crippen LogP contribution in [0.5, 0.6) is 5.75 Å². The predicted molar refractivity (Wildman–Crippen MR) is 95.1 cm³/mol. The zero-order valence-electron chi connectivity index (χ0n) is 13.5. The van der Waals surface area contributed by atoms with Crippen LogP contribution in [0.15, 0.2) is 42.5 Å². The summed E-state index contributed by atoms with van der Waals surface area (Å²) in [6.07, 6.45) is 0. The average molecular weight is 328 g/mol. The first-order valence-electron chi connectivity index (χ1n) is 7.37. The number of thiocarbonyl (C=S) groups is 1. The first kappa shape index (κ1) is 17.2. The van der Waals surface area contributed by atoms with E-state index in [4.69, 9.17) is 21.7 Å². The third kappa shape index (κ3) is 4.17. The Balaban J connectivity index is 2.25. The van der Waals surface area contributed by atoms with Gasteiger partial charge < -0.3 is 9.47 Å². The van der Waals surface area contributed by atoms with Crippen LogP contribution >= 0.6 is 12.2 Å². The molecule has 23 heavy (non-hydrogen) atoms. The van der Waals surface area contributed by atoms with E-state index in [0.29, 0.717) is 6.61 Å². The molecule has 2 aromatic rings. The Morgan fingerprint density at radius 1 is 1.22 bits per heavy atom. The maximum Gasteiger partial charge on any atom is 0.317 e. The maximum atomic E-state index is 11.9. The van der Waals surface area contributed by atoms with Crippen LogP contribution in [-0.4, -0.2) is 18.4 Å². The van der Waals surface area contributed by atoms with Crippen molar-refractivity contribution >= 4 is 23.6 Å². The number of hydrogen-bond acceptors (Lipinski definition) is 4. The number of rotatable bonds is 6. The molecule has 0 aromatic heterocycles. The molecule has 120 valence electrons. The maximum absolute atomic E-state index is 11.9. The Hall–Kier alpha value is -2.20. The van der Waals surface area contributed by atoms with Gasteiger partial charge in [-0.25, -0.2) is 0 Å². The van der Waals surface area contributed by atoms with E-state index in [2.05, 4.69) is 6.07 Å². The Morgan fingerprint density at radius 3 is 2.65 bits per heavy atom. The first-order chi connectivity index (χ1) is 11.1. The lowest BCUT2D eigenvalue weighted by Crippen LogP contribution is -2.17. The van der Waals surface area contributed by atoms with Gasteiger partial charge in [0.05, 0.1) is 7.11 Å². The summed E-state index contributed by atoms with van der Waals surface area (Å²) in [4.78, 5) is 11.9. The lowest BCUT2D eigenvalue weighted by Gasteiger charge is -2.16. The molecular weight excluding hydrogens is 308 g/mol. The van der Waals surface area contributed by atoms with Crippen molar-refractivity contribution in [3.05, 3.63) is 64.7 Å². The monoisotopic (exact) mass is 328 g/mol. The molecule has 0 saturated heterocycles. The van der Waals surface area contributed by atoms with Crippen LogP contribution in [0, 0.1) is 13.8 Å². The van der Waals surface area contributed by atoms with E-state index < -0.39 is 5.92 Å². The Labute approximate surface area is 142 Å². The van der Waals surface area contributed by atoms with Gasteiger partial charge >= 0.3 is 5.97 Å². The average Bonchev–Trinajstić information content (AvgIpc) is 2.57. The molecule has 0 spiro atoms. The van der Waals surface area contributed by atoms with Gasteiger partial charge in [0.2, 0.25) is 0 Å². The van der Waals surface area contributed by atoms with E-state index in [1.54, 1.807) is 0 Å². The van der Waals surface area contributed by atoms with Crippen molar-refractivity contribution in [1.29, 1.82) is 0 Å². The highest BCUT2D eigenvalue weighted by Crippen LogP contribution is 2.24. The number of carbonyl (C=O) groups excluding carboxylic acids is 1. The van der Waals surface area contributed by atoms with Gasteiger partial charge in [0.1, 0.15) is 18.3 Å². The fourth-order valence-electron chi connectivity index (χ4n) is 2.37. The zero-order valence-corrected chi connectivity index (χ0v) is 14.4. The third-order valence-corrected chi connectivity index (χ3v) is 3.98. The molecule has 0 radical (unpaired) electrons. The molecule has 2 aromatic carbocycles. The summed E-state index contributed by atoms with van der Waals surface area (Å²) in [5.74, 6) is -0.0793. The van der Waals surface area contributed by atoms with Crippen molar-refractivity contribution in [2.45, 2.75) is 26.4 Å². The molecule has 0 heterocycles. The Morgan fingerprint density at radius 2 is 1.96 bits per heavy atom. The highest BCUT2D eigenvalue weighted by molar-refractivity contribution is 7.79. The van der Waals surface area contributed by atoms with E-state index in [-0.39, 0.29) is 5.97 Å². The predicted octanol–water partition coefficient (Wildman–Crippen LogP) is 4.14. The van der Waals surface area contributed by atoms with E-state index in [9.17, 15) is 4.79 Å². The summed E-state index contributed by atoms with van der Waals surface area (Å²) in [7, 11) is 1.36. The van der Waals surface area contributed by atoms with E-state index in [1.807, 2.05) is 50.2 Å². The summed E-state index contributed by atoms with van der Waals surface area (Å²) in [5, 5.41) is 1.43. The van der Waals surface area contributed by atoms with Gasteiger partial charge in [0.15, 0.2) is 0 Å². The van der Waals surface area contributed by atoms with Gasteiger partial charge in [-0.05, 0) is 47.5 Å². The second-order valence-electron chi connectivity index (χ2n) is 5.39. The fraction of sp³-hybridized carbons (Fsp3) is 0.263. The van der Waals surface area contributed by atoms with Crippen molar-refractivity contribution in [2.24, 2.45) is 0 Å². The second-order valence-corrected chi connectivity index (χ2v) is 5.67. The first-order valence-corrected chi connectivity index (χ1v) is 7.85. The lowest BCUT2D eigenvalue weighted by atomic mass is 9.96. The molecule has 0 aliphatic rings. The number of methoxy groups -OCH3 is 1. The van der Waals surface area contributed by atoms with Gasteiger partial charge in [0.25, 0.3) is 0 Å². The molecule has 1 unspecified atom stereocenters. The molecule has 0 bridgehead atoms. The zero-order chi connectivity index (χ0) is 16.8. The Bertz CT molecular complexity index is 710. The molecule has 0 aliphatic heterocycles. The number of esters is 1. The number of ether oxygens (including phenoxy) is 2. The van der Waals surface area contributed by atoms with Crippen molar-refractivity contribution in [1.82, 2.24) is 0 Å². The smallest absolute Gasteiger partial charge is 0.317 e. The molecule has 0 saturated carbocycles. The number of carbonyl (C=O) groups is 1. The quantitative estimate of drug-likeness (QED) is 0.590. The third-order valence-electron chi connectivity index (χ3n) is 3.71.